The average Bonchev–Trinajstić information content (AvgIpc) is 2.92. The van der Waals surface area contributed by atoms with Crippen LogP contribution in [0.3, 0.4) is 0 Å². The molecule has 0 saturated carbocycles. The zero-order valence-electron chi connectivity index (χ0n) is 10.4. The molecule has 0 radical (unpaired) electrons. The average molecular weight is 284 g/mol. The minimum atomic E-state index is -0.152. The normalized spacial score (nSPS) is 10.6. The number of nitrogen functional groups attached to an aromatic ring is 1. The van der Waals surface area contributed by atoms with Crippen LogP contribution < -0.4 is 5.73 Å². The summed E-state index contributed by atoms with van der Waals surface area (Å²) in [4.78, 5) is 4.53. The summed E-state index contributed by atoms with van der Waals surface area (Å²) in [5, 5.41) is 21.6. The van der Waals surface area contributed by atoms with E-state index in [1.54, 1.807) is 6.07 Å². The lowest BCUT2D eigenvalue weighted by Gasteiger charge is -2.00. The Hall–Kier alpha value is -2.53. The molecule has 1 aromatic heterocycles. The van der Waals surface area contributed by atoms with Crippen molar-refractivity contribution in [3.63, 3.8) is 0 Å². The van der Waals surface area contributed by atoms with Gasteiger partial charge in [0.15, 0.2) is 11.5 Å². The Kier molecular flexibility index (Phi) is 3.04. The SMILES string of the molecule is Nc1cccc(-c2nc(-c3ccc(O)c(O)c3)cs2)c1. The molecule has 0 fully saturated rings. The van der Waals surface area contributed by atoms with Crippen molar-refractivity contribution in [1.82, 2.24) is 4.98 Å². The summed E-state index contributed by atoms with van der Waals surface area (Å²) in [7, 11) is 0. The molecule has 20 heavy (non-hydrogen) atoms. The van der Waals surface area contributed by atoms with Crippen LogP contribution in [-0.2, 0) is 0 Å². The minimum Gasteiger partial charge on any atom is -0.504 e. The van der Waals surface area contributed by atoms with Crippen LogP contribution in [0.15, 0.2) is 47.8 Å². The summed E-state index contributed by atoms with van der Waals surface area (Å²) in [6.07, 6.45) is 0. The number of hydrogen-bond acceptors (Lipinski definition) is 5. The molecule has 0 aliphatic rings. The van der Waals surface area contributed by atoms with E-state index in [1.807, 2.05) is 29.6 Å². The molecule has 3 aromatic rings. The first-order chi connectivity index (χ1) is 9.63. The van der Waals surface area contributed by atoms with Gasteiger partial charge in [-0.2, -0.15) is 0 Å². The van der Waals surface area contributed by atoms with Gasteiger partial charge in [-0.25, -0.2) is 4.98 Å². The maximum absolute atomic E-state index is 9.53. The smallest absolute Gasteiger partial charge is 0.158 e. The fraction of sp³-hybridized carbons (Fsp3) is 0. The van der Waals surface area contributed by atoms with E-state index in [0.717, 1.165) is 21.8 Å². The standard InChI is InChI=1S/C15H12N2O2S/c16-11-3-1-2-10(6-11)15-17-12(8-20-15)9-4-5-13(18)14(19)7-9/h1-8,18-19H,16H2. The number of anilines is 1. The van der Waals surface area contributed by atoms with Gasteiger partial charge in [0.1, 0.15) is 5.01 Å². The largest absolute Gasteiger partial charge is 0.504 e. The van der Waals surface area contributed by atoms with E-state index < -0.39 is 0 Å². The maximum atomic E-state index is 9.53. The predicted molar refractivity (Wildman–Crippen MR) is 80.7 cm³/mol. The fourth-order valence-corrected chi connectivity index (χ4v) is 2.72. The van der Waals surface area contributed by atoms with Gasteiger partial charge in [0, 0.05) is 22.2 Å². The van der Waals surface area contributed by atoms with Gasteiger partial charge in [-0.3, -0.25) is 0 Å². The van der Waals surface area contributed by atoms with Gasteiger partial charge < -0.3 is 15.9 Å². The van der Waals surface area contributed by atoms with Crippen molar-refractivity contribution in [3.05, 3.63) is 47.8 Å². The van der Waals surface area contributed by atoms with Crippen LogP contribution in [0.5, 0.6) is 11.5 Å². The molecule has 4 nitrogen and oxygen atoms in total. The molecular formula is C15H12N2O2S. The fourth-order valence-electron chi connectivity index (χ4n) is 1.89. The first kappa shape index (κ1) is 12.5. The number of phenolic OH excluding ortho intramolecular Hbond substituents is 2. The van der Waals surface area contributed by atoms with Crippen molar-refractivity contribution >= 4 is 17.0 Å². The Bertz CT molecular complexity index is 768. The number of nitrogens with two attached hydrogens (primary N) is 1. The third kappa shape index (κ3) is 2.31. The van der Waals surface area contributed by atoms with Crippen molar-refractivity contribution in [1.29, 1.82) is 0 Å². The van der Waals surface area contributed by atoms with Gasteiger partial charge >= 0.3 is 0 Å². The van der Waals surface area contributed by atoms with Crippen LogP contribution in [0.2, 0.25) is 0 Å². The van der Waals surface area contributed by atoms with E-state index >= 15 is 0 Å². The highest BCUT2D eigenvalue weighted by molar-refractivity contribution is 7.13. The molecular weight excluding hydrogens is 272 g/mol. The zero-order valence-corrected chi connectivity index (χ0v) is 11.3. The number of nitrogens with zero attached hydrogens (tertiary/aromatic N) is 1. The summed E-state index contributed by atoms with van der Waals surface area (Å²) in [6, 6.07) is 12.2. The van der Waals surface area contributed by atoms with E-state index in [1.165, 1.54) is 23.5 Å². The lowest BCUT2D eigenvalue weighted by molar-refractivity contribution is 0.404. The number of benzene rings is 2. The molecule has 100 valence electrons. The van der Waals surface area contributed by atoms with Crippen molar-refractivity contribution in [2.24, 2.45) is 0 Å². The molecule has 2 aromatic carbocycles. The highest BCUT2D eigenvalue weighted by Gasteiger charge is 2.09. The van der Waals surface area contributed by atoms with Crippen molar-refractivity contribution in [3.8, 4) is 33.3 Å². The Balaban J connectivity index is 1.99. The lowest BCUT2D eigenvalue weighted by Crippen LogP contribution is -1.85. The number of hydrogen-bond donors (Lipinski definition) is 3. The number of thiazole rings is 1. The van der Waals surface area contributed by atoms with Crippen LogP contribution in [0, 0.1) is 0 Å². The molecule has 0 saturated heterocycles. The summed E-state index contributed by atoms with van der Waals surface area (Å²) < 4.78 is 0. The summed E-state index contributed by atoms with van der Waals surface area (Å²) in [5.74, 6) is -0.291. The zero-order chi connectivity index (χ0) is 14.1. The summed E-state index contributed by atoms with van der Waals surface area (Å²) >= 11 is 1.51. The van der Waals surface area contributed by atoms with Gasteiger partial charge in [0.2, 0.25) is 0 Å². The second-order valence-corrected chi connectivity index (χ2v) is 5.22. The molecule has 0 aliphatic heterocycles. The second-order valence-electron chi connectivity index (χ2n) is 4.37. The Labute approximate surface area is 119 Å². The van der Waals surface area contributed by atoms with Gasteiger partial charge in [0.05, 0.1) is 5.69 Å². The first-order valence-electron chi connectivity index (χ1n) is 5.97. The maximum Gasteiger partial charge on any atom is 0.158 e. The van der Waals surface area contributed by atoms with Crippen molar-refractivity contribution in [2.45, 2.75) is 0 Å². The Morgan fingerprint density at radius 3 is 2.55 bits per heavy atom. The topological polar surface area (TPSA) is 79.4 Å². The van der Waals surface area contributed by atoms with Crippen LogP contribution in [0.4, 0.5) is 5.69 Å². The molecule has 0 atom stereocenters. The number of aromatic nitrogens is 1. The first-order valence-corrected chi connectivity index (χ1v) is 6.85. The van der Waals surface area contributed by atoms with E-state index in [4.69, 9.17) is 5.73 Å². The molecule has 0 spiro atoms. The third-order valence-corrected chi connectivity index (χ3v) is 3.80. The minimum absolute atomic E-state index is 0.139. The van der Waals surface area contributed by atoms with Gasteiger partial charge in [-0.05, 0) is 30.3 Å². The van der Waals surface area contributed by atoms with Crippen LogP contribution >= 0.6 is 11.3 Å². The highest BCUT2D eigenvalue weighted by Crippen LogP contribution is 2.33. The van der Waals surface area contributed by atoms with Gasteiger partial charge in [0.25, 0.3) is 0 Å². The molecule has 0 unspecified atom stereocenters. The summed E-state index contributed by atoms with van der Waals surface area (Å²) in [5.41, 5.74) is 8.93. The highest BCUT2D eigenvalue weighted by atomic mass is 32.1. The molecule has 0 aliphatic carbocycles. The van der Waals surface area contributed by atoms with E-state index in [0.29, 0.717) is 5.69 Å². The third-order valence-electron chi connectivity index (χ3n) is 2.91. The monoisotopic (exact) mass is 284 g/mol. The van der Waals surface area contributed by atoms with Crippen LogP contribution in [0.25, 0.3) is 21.8 Å². The summed E-state index contributed by atoms with van der Waals surface area (Å²) in [6.45, 7) is 0. The van der Waals surface area contributed by atoms with E-state index in [2.05, 4.69) is 4.98 Å². The molecule has 1 heterocycles. The Morgan fingerprint density at radius 1 is 0.950 bits per heavy atom. The van der Waals surface area contributed by atoms with Crippen molar-refractivity contribution in [2.75, 3.05) is 5.73 Å². The number of aromatic hydroxyl groups is 2. The molecule has 5 heteroatoms. The van der Waals surface area contributed by atoms with E-state index in [9.17, 15) is 10.2 Å². The molecule has 4 N–H and O–H groups in total. The van der Waals surface area contributed by atoms with Gasteiger partial charge in [-0.1, -0.05) is 12.1 Å². The number of phenols is 2. The quantitative estimate of drug-likeness (QED) is 0.497. The van der Waals surface area contributed by atoms with Gasteiger partial charge in [-0.15, -0.1) is 11.3 Å². The predicted octanol–water partition coefficient (Wildman–Crippen LogP) is 3.47. The second kappa shape index (κ2) is 4.86. The Morgan fingerprint density at radius 2 is 1.80 bits per heavy atom. The van der Waals surface area contributed by atoms with Crippen LogP contribution in [0.1, 0.15) is 0 Å². The lowest BCUT2D eigenvalue weighted by atomic mass is 10.1. The molecule has 0 bridgehead atoms. The molecule has 0 amide bonds. The van der Waals surface area contributed by atoms with Crippen LogP contribution in [-0.4, -0.2) is 15.2 Å². The van der Waals surface area contributed by atoms with E-state index in [-0.39, 0.29) is 11.5 Å². The molecule has 3 rings (SSSR count). The van der Waals surface area contributed by atoms with Crippen molar-refractivity contribution < 1.29 is 10.2 Å². The number of rotatable bonds is 2.